The highest BCUT2D eigenvalue weighted by Crippen LogP contribution is 2.46. The quantitative estimate of drug-likeness (QED) is 0.800. The fraction of sp³-hybridized carbons (Fsp3) is 0.368. The Balaban J connectivity index is 1.45. The second kappa shape index (κ2) is 7.04. The summed E-state index contributed by atoms with van der Waals surface area (Å²) < 4.78 is 0. The van der Waals surface area contributed by atoms with E-state index < -0.39 is 22.3 Å². The van der Waals surface area contributed by atoms with Crippen molar-refractivity contribution in [2.45, 2.75) is 36.2 Å². The van der Waals surface area contributed by atoms with E-state index in [4.69, 9.17) is 0 Å². The predicted molar refractivity (Wildman–Crippen MR) is 101 cm³/mol. The summed E-state index contributed by atoms with van der Waals surface area (Å²) in [5, 5.41) is 1.43. The van der Waals surface area contributed by atoms with Crippen LogP contribution in [0.25, 0.3) is 0 Å². The zero-order valence-electron chi connectivity index (χ0n) is 13.9. The van der Waals surface area contributed by atoms with E-state index in [-0.39, 0.29) is 29.7 Å². The lowest BCUT2D eigenvalue weighted by atomic mass is 9.81. The van der Waals surface area contributed by atoms with Gasteiger partial charge in [0.2, 0.25) is 5.91 Å². The second-order valence-corrected chi connectivity index (χ2v) is 9.28. The largest absolute Gasteiger partial charge is 0.298 e. The van der Waals surface area contributed by atoms with E-state index in [0.717, 1.165) is 28.7 Å². The van der Waals surface area contributed by atoms with Gasteiger partial charge in [-0.3, -0.25) is 24.5 Å². The number of amides is 2. The van der Waals surface area contributed by atoms with Crippen molar-refractivity contribution >= 4 is 46.2 Å². The number of Topliss-reactive ketones (excluding diaryl/α,β-unsaturated/α-hetero) is 2. The summed E-state index contributed by atoms with van der Waals surface area (Å²) in [7, 11) is 0. The first-order chi connectivity index (χ1) is 12.5. The molecule has 0 spiro atoms. The highest BCUT2D eigenvalue weighted by atomic mass is 32.2. The number of hydrogen-bond donors (Lipinski definition) is 1. The van der Waals surface area contributed by atoms with Crippen molar-refractivity contribution in [1.82, 2.24) is 5.32 Å². The molecule has 0 saturated carbocycles. The molecule has 0 radical (unpaired) electrons. The van der Waals surface area contributed by atoms with Crippen molar-refractivity contribution in [2.24, 2.45) is 5.92 Å². The molecule has 1 saturated heterocycles. The van der Waals surface area contributed by atoms with Gasteiger partial charge in [-0.15, -0.1) is 11.8 Å². The molecule has 1 aliphatic carbocycles. The molecule has 1 aromatic carbocycles. The van der Waals surface area contributed by atoms with E-state index >= 15 is 0 Å². The monoisotopic (exact) mass is 387 g/mol. The van der Waals surface area contributed by atoms with Crippen LogP contribution in [0.1, 0.15) is 24.8 Å². The van der Waals surface area contributed by atoms with Gasteiger partial charge in [-0.1, -0.05) is 42.1 Å². The van der Waals surface area contributed by atoms with Gasteiger partial charge in [-0.2, -0.15) is 0 Å². The molecule has 2 amide bonds. The van der Waals surface area contributed by atoms with Crippen molar-refractivity contribution in [3.05, 3.63) is 46.4 Å². The molecule has 0 bridgehead atoms. The molecule has 26 heavy (non-hydrogen) atoms. The Morgan fingerprint density at radius 2 is 1.81 bits per heavy atom. The Morgan fingerprint density at radius 1 is 1.04 bits per heavy atom. The third-order valence-corrected chi connectivity index (χ3v) is 7.29. The standard InChI is InChI=1S/C19H17NO4S2/c21-14-9-15-13(7-11(25-15)6-10-4-2-1-3-5-10)17(22)12(14)8-16-18(23)20-19(24)26-16/h1-5,11-12,16H,6-9H2,(H,20,23,24). The molecule has 5 nitrogen and oxygen atoms in total. The van der Waals surface area contributed by atoms with E-state index in [9.17, 15) is 19.2 Å². The molecule has 1 aromatic rings. The fourth-order valence-electron chi connectivity index (χ4n) is 3.67. The van der Waals surface area contributed by atoms with Crippen molar-refractivity contribution in [1.29, 1.82) is 0 Å². The first-order valence-electron chi connectivity index (χ1n) is 8.52. The van der Waals surface area contributed by atoms with Crippen LogP contribution < -0.4 is 5.32 Å². The van der Waals surface area contributed by atoms with Gasteiger partial charge in [0.25, 0.3) is 5.24 Å². The fourth-order valence-corrected chi connectivity index (χ4v) is 6.02. The predicted octanol–water partition coefficient (Wildman–Crippen LogP) is 2.89. The smallest absolute Gasteiger partial charge is 0.286 e. The number of rotatable bonds is 4. The maximum absolute atomic E-state index is 12.9. The van der Waals surface area contributed by atoms with Crippen molar-refractivity contribution in [3.8, 4) is 0 Å². The van der Waals surface area contributed by atoms with Gasteiger partial charge in [0.15, 0.2) is 5.78 Å². The lowest BCUT2D eigenvalue weighted by Gasteiger charge is -2.22. The van der Waals surface area contributed by atoms with Gasteiger partial charge < -0.3 is 0 Å². The topological polar surface area (TPSA) is 80.3 Å². The molecule has 1 fully saturated rings. The molecule has 2 heterocycles. The Kier molecular flexibility index (Phi) is 4.75. The van der Waals surface area contributed by atoms with Crippen LogP contribution in [0.3, 0.4) is 0 Å². The highest BCUT2D eigenvalue weighted by Gasteiger charge is 2.44. The number of allylic oxidation sites excluding steroid dienone is 2. The summed E-state index contributed by atoms with van der Waals surface area (Å²) in [5.74, 6) is -1.47. The molecule has 1 N–H and O–H groups in total. The van der Waals surface area contributed by atoms with Crippen molar-refractivity contribution < 1.29 is 19.2 Å². The van der Waals surface area contributed by atoms with Crippen LogP contribution in [0, 0.1) is 5.92 Å². The van der Waals surface area contributed by atoms with Crippen LogP contribution in [0.2, 0.25) is 0 Å². The molecule has 0 aromatic heterocycles. The van der Waals surface area contributed by atoms with Crippen LogP contribution >= 0.6 is 23.5 Å². The van der Waals surface area contributed by atoms with Gasteiger partial charge >= 0.3 is 0 Å². The van der Waals surface area contributed by atoms with Gasteiger partial charge in [0, 0.05) is 17.2 Å². The molecule has 7 heteroatoms. The maximum Gasteiger partial charge on any atom is 0.286 e. The third kappa shape index (κ3) is 3.38. The van der Waals surface area contributed by atoms with Crippen molar-refractivity contribution in [2.75, 3.05) is 0 Å². The van der Waals surface area contributed by atoms with E-state index in [0.29, 0.717) is 6.42 Å². The molecule has 3 atom stereocenters. The number of nitrogens with one attached hydrogen (secondary N) is 1. The Bertz CT molecular complexity index is 833. The summed E-state index contributed by atoms with van der Waals surface area (Å²) in [6.07, 6.45) is 1.92. The first kappa shape index (κ1) is 17.5. The SMILES string of the molecule is O=C1NC(=O)C(CC2C(=O)CC3=C(CC(Cc4ccccc4)S3)C2=O)S1. The third-order valence-electron chi connectivity index (χ3n) is 4.94. The molecular weight excluding hydrogens is 370 g/mol. The number of ketones is 2. The van der Waals surface area contributed by atoms with Crippen LogP contribution in [0.15, 0.2) is 40.8 Å². The van der Waals surface area contributed by atoms with E-state index in [1.165, 1.54) is 5.56 Å². The zero-order valence-corrected chi connectivity index (χ0v) is 15.5. The summed E-state index contributed by atoms with van der Waals surface area (Å²) in [4.78, 5) is 49.3. The number of benzene rings is 1. The Morgan fingerprint density at radius 3 is 2.50 bits per heavy atom. The summed E-state index contributed by atoms with van der Waals surface area (Å²) in [6, 6.07) is 10.1. The zero-order chi connectivity index (χ0) is 18.3. The second-order valence-electron chi connectivity index (χ2n) is 6.71. The Hall–Kier alpha value is -1.86. The number of hydrogen-bond acceptors (Lipinski definition) is 6. The summed E-state index contributed by atoms with van der Waals surface area (Å²) >= 11 is 2.52. The molecule has 134 valence electrons. The van der Waals surface area contributed by atoms with E-state index in [1.807, 2.05) is 18.2 Å². The van der Waals surface area contributed by atoms with Gasteiger partial charge in [-0.25, -0.2) is 0 Å². The number of imide groups is 1. The molecule has 2 aliphatic heterocycles. The minimum atomic E-state index is -0.793. The van der Waals surface area contributed by atoms with Crippen LogP contribution in [-0.4, -0.2) is 33.2 Å². The molecule has 4 rings (SSSR count). The number of thioether (sulfide) groups is 2. The highest BCUT2D eigenvalue weighted by molar-refractivity contribution is 8.15. The van der Waals surface area contributed by atoms with E-state index in [1.54, 1.807) is 11.8 Å². The number of carbonyl (C=O) groups is 4. The maximum atomic E-state index is 12.9. The summed E-state index contributed by atoms with van der Waals surface area (Å²) in [5.41, 5.74) is 1.98. The normalized spacial score (nSPS) is 28.5. The minimum absolute atomic E-state index is 0.116. The summed E-state index contributed by atoms with van der Waals surface area (Å²) in [6.45, 7) is 0. The van der Waals surface area contributed by atoms with E-state index in [2.05, 4.69) is 17.4 Å². The average Bonchev–Trinajstić information content (AvgIpc) is 3.14. The lowest BCUT2D eigenvalue weighted by Crippen LogP contribution is -2.34. The van der Waals surface area contributed by atoms with Gasteiger partial charge in [0.05, 0.1) is 11.2 Å². The van der Waals surface area contributed by atoms with Gasteiger partial charge in [-0.05, 0) is 29.7 Å². The Labute approximate surface area is 159 Å². The minimum Gasteiger partial charge on any atom is -0.298 e. The van der Waals surface area contributed by atoms with Gasteiger partial charge in [0.1, 0.15) is 5.78 Å². The van der Waals surface area contributed by atoms with Crippen LogP contribution in [0.4, 0.5) is 4.79 Å². The van der Waals surface area contributed by atoms with Crippen LogP contribution in [0.5, 0.6) is 0 Å². The lowest BCUT2D eigenvalue weighted by molar-refractivity contribution is -0.131. The van der Waals surface area contributed by atoms with Crippen molar-refractivity contribution in [3.63, 3.8) is 0 Å². The first-order valence-corrected chi connectivity index (χ1v) is 10.3. The molecule has 3 aliphatic rings. The van der Waals surface area contributed by atoms with Crippen LogP contribution in [-0.2, 0) is 20.8 Å². The number of carbonyl (C=O) groups excluding carboxylic acids is 4. The average molecular weight is 387 g/mol. The molecule has 3 unspecified atom stereocenters. The molecular formula is C19H17NO4S2.